The summed E-state index contributed by atoms with van der Waals surface area (Å²) in [5, 5.41) is 10.3. The monoisotopic (exact) mass is 619 g/mol. The van der Waals surface area contributed by atoms with Gasteiger partial charge in [-0.05, 0) is 107 Å². The van der Waals surface area contributed by atoms with E-state index in [9.17, 15) is 0 Å². The lowest BCUT2D eigenvalue weighted by Gasteiger charge is -2.21. The van der Waals surface area contributed by atoms with Gasteiger partial charge in [-0.2, -0.15) is 0 Å². The van der Waals surface area contributed by atoms with Crippen LogP contribution in [0.25, 0.3) is 104 Å². The summed E-state index contributed by atoms with van der Waals surface area (Å²) in [4.78, 5) is 0. The van der Waals surface area contributed by atoms with Crippen molar-refractivity contribution in [1.82, 2.24) is 4.57 Å². The van der Waals surface area contributed by atoms with Crippen LogP contribution in [0, 0.1) is 0 Å². The molecule has 10 aromatic rings. The Balaban J connectivity index is 1.36. The maximum atomic E-state index is 2.45. The summed E-state index contributed by atoms with van der Waals surface area (Å²) in [6.07, 6.45) is 0. The topological polar surface area (TPSA) is 4.93 Å². The van der Waals surface area contributed by atoms with Crippen LogP contribution in [0.4, 0.5) is 0 Å². The normalized spacial score (nSPS) is 12.1. The van der Waals surface area contributed by atoms with Crippen LogP contribution in [0.2, 0.25) is 0 Å². The van der Waals surface area contributed by atoms with Gasteiger partial charge in [0.15, 0.2) is 0 Å². The van der Waals surface area contributed by atoms with Crippen molar-refractivity contribution in [2.24, 2.45) is 0 Å². The third-order valence-electron chi connectivity index (χ3n) is 10.7. The van der Waals surface area contributed by atoms with Gasteiger partial charge in [-0.3, -0.25) is 0 Å². The summed E-state index contributed by atoms with van der Waals surface area (Å²) in [5.74, 6) is 0. The summed E-state index contributed by atoms with van der Waals surface area (Å²) in [7, 11) is 0. The number of hydrogen-bond donors (Lipinski definition) is 0. The molecule has 1 aromatic heterocycles. The van der Waals surface area contributed by atoms with Gasteiger partial charge in [-0.1, -0.05) is 146 Å². The maximum absolute atomic E-state index is 2.45. The molecule has 226 valence electrons. The fourth-order valence-electron chi connectivity index (χ4n) is 8.73. The molecule has 1 heteroatoms. The largest absolute Gasteiger partial charge is 0.309 e. The molecular formula is C48H29N. The second-order valence-corrected chi connectivity index (χ2v) is 13.2. The molecule has 0 N–H and O–H groups in total. The van der Waals surface area contributed by atoms with Gasteiger partial charge in [0.05, 0.1) is 11.0 Å². The third-order valence-corrected chi connectivity index (χ3v) is 10.7. The van der Waals surface area contributed by atoms with Crippen molar-refractivity contribution in [2.75, 3.05) is 0 Å². The molecule has 1 aliphatic rings. The van der Waals surface area contributed by atoms with Crippen molar-refractivity contribution in [3.8, 4) is 50.2 Å². The second-order valence-electron chi connectivity index (χ2n) is 13.2. The Morgan fingerprint density at radius 2 is 0.857 bits per heavy atom. The third kappa shape index (κ3) is 3.65. The quantitative estimate of drug-likeness (QED) is 0.173. The van der Waals surface area contributed by atoms with Gasteiger partial charge < -0.3 is 4.57 Å². The first-order valence-corrected chi connectivity index (χ1v) is 17.0. The minimum absolute atomic E-state index is 1.17. The Bertz CT molecular complexity index is 2910. The van der Waals surface area contributed by atoms with Gasteiger partial charge in [0.25, 0.3) is 0 Å². The molecule has 0 radical (unpaired) electrons. The highest BCUT2D eigenvalue weighted by molar-refractivity contribution is 6.31. The van der Waals surface area contributed by atoms with E-state index in [1.54, 1.807) is 0 Å². The van der Waals surface area contributed by atoms with Crippen molar-refractivity contribution in [3.05, 3.63) is 176 Å². The number of nitrogens with zero attached hydrogens (tertiary/aromatic N) is 1. The molecule has 0 fully saturated rings. The molecule has 9 aromatic carbocycles. The van der Waals surface area contributed by atoms with Crippen molar-refractivity contribution < 1.29 is 0 Å². The number of aromatic nitrogens is 1. The minimum Gasteiger partial charge on any atom is -0.309 e. The average molecular weight is 620 g/mol. The molecule has 0 atom stereocenters. The average Bonchev–Trinajstić information content (AvgIpc) is 3.68. The molecule has 1 heterocycles. The molecule has 0 spiro atoms. The van der Waals surface area contributed by atoms with E-state index < -0.39 is 0 Å². The molecule has 0 unspecified atom stereocenters. The van der Waals surface area contributed by atoms with Crippen LogP contribution in [0.15, 0.2) is 176 Å². The van der Waals surface area contributed by atoms with E-state index in [1.807, 2.05) is 0 Å². The van der Waals surface area contributed by atoms with Gasteiger partial charge >= 0.3 is 0 Å². The summed E-state index contributed by atoms with van der Waals surface area (Å²) >= 11 is 0. The predicted molar refractivity (Wildman–Crippen MR) is 209 cm³/mol. The standard InChI is InChI=1S/C48H29N/c1-3-14-30(15-4-1)44-38-27-26-33(49-42-24-11-9-20-35(42)36-21-10-12-25-43(36)49)29-40(38)45(31-16-5-2-6-17-31)48-41-28-32-18-7-8-19-34(32)37-22-13-23-39(46(37)41)47(44)48/h1-29H. The molecule has 1 aliphatic carbocycles. The molecule has 1 nitrogen and oxygen atoms in total. The molecule has 0 saturated carbocycles. The molecule has 0 bridgehead atoms. The van der Waals surface area contributed by atoms with E-state index in [1.165, 1.54) is 104 Å². The molecule has 11 rings (SSSR count). The molecular weight excluding hydrogens is 591 g/mol. The first-order chi connectivity index (χ1) is 24.3. The SMILES string of the molecule is c1ccc(-c2c3c(c(-c4ccccc4)c4cc(-n5c6ccccc6c6ccccc65)ccc24)-c2cc4ccccc4c4cccc-3c24)cc1. The Kier molecular flexibility index (Phi) is 5.45. The number of benzene rings is 9. The second kappa shape index (κ2) is 10.0. The predicted octanol–water partition coefficient (Wildman–Crippen LogP) is 13.2. The highest BCUT2D eigenvalue weighted by Gasteiger charge is 2.31. The Morgan fingerprint density at radius 1 is 0.306 bits per heavy atom. The summed E-state index contributed by atoms with van der Waals surface area (Å²) < 4.78 is 2.44. The van der Waals surface area contributed by atoms with Crippen molar-refractivity contribution in [3.63, 3.8) is 0 Å². The Hall–Kier alpha value is -6.44. The number of rotatable bonds is 3. The zero-order valence-corrected chi connectivity index (χ0v) is 26.7. The highest BCUT2D eigenvalue weighted by Crippen LogP contribution is 2.58. The van der Waals surface area contributed by atoms with Crippen LogP contribution >= 0.6 is 0 Å². The lowest BCUT2D eigenvalue weighted by molar-refractivity contribution is 1.19. The molecule has 0 aliphatic heterocycles. The van der Waals surface area contributed by atoms with Crippen molar-refractivity contribution in [1.29, 1.82) is 0 Å². The summed E-state index contributed by atoms with van der Waals surface area (Å²) in [5.41, 5.74) is 14.0. The first kappa shape index (κ1) is 26.6. The maximum Gasteiger partial charge on any atom is 0.0541 e. The fraction of sp³-hybridized carbons (Fsp3) is 0. The van der Waals surface area contributed by atoms with E-state index in [-0.39, 0.29) is 0 Å². The Morgan fingerprint density at radius 3 is 1.55 bits per heavy atom. The van der Waals surface area contributed by atoms with E-state index in [2.05, 4.69) is 180 Å². The number of para-hydroxylation sites is 2. The van der Waals surface area contributed by atoms with Gasteiger partial charge in [0.2, 0.25) is 0 Å². The lowest BCUT2D eigenvalue weighted by atomic mass is 9.82. The first-order valence-electron chi connectivity index (χ1n) is 17.0. The van der Waals surface area contributed by atoms with Crippen LogP contribution in [-0.2, 0) is 0 Å². The van der Waals surface area contributed by atoms with Crippen molar-refractivity contribution in [2.45, 2.75) is 0 Å². The molecule has 0 amide bonds. The number of fused-ring (bicyclic) bond motifs is 9. The van der Waals surface area contributed by atoms with E-state index >= 15 is 0 Å². The number of hydrogen-bond acceptors (Lipinski definition) is 0. The van der Waals surface area contributed by atoms with Gasteiger partial charge in [0, 0.05) is 16.5 Å². The summed E-state index contributed by atoms with van der Waals surface area (Å²) in [6, 6.07) is 64.9. The van der Waals surface area contributed by atoms with E-state index in [4.69, 9.17) is 0 Å². The zero-order valence-electron chi connectivity index (χ0n) is 26.7. The fourth-order valence-corrected chi connectivity index (χ4v) is 8.73. The lowest BCUT2D eigenvalue weighted by Crippen LogP contribution is -1.97. The minimum atomic E-state index is 1.17. The Labute approximate surface area is 283 Å². The van der Waals surface area contributed by atoms with Crippen LogP contribution < -0.4 is 0 Å². The highest BCUT2D eigenvalue weighted by atomic mass is 15.0. The zero-order chi connectivity index (χ0) is 32.1. The van der Waals surface area contributed by atoms with Crippen molar-refractivity contribution >= 4 is 54.1 Å². The van der Waals surface area contributed by atoms with E-state index in [0.29, 0.717) is 0 Å². The van der Waals surface area contributed by atoms with Gasteiger partial charge in [-0.15, -0.1) is 0 Å². The van der Waals surface area contributed by atoms with Crippen LogP contribution in [-0.4, -0.2) is 4.57 Å². The van der Waals surface area contributed by atoms with Gasteiger partial charge in [-0.25, -0.2) is 0 Å². The smallest absolute Gasteiger partial charge is 0.0541 e. The van der Waals surface area contributed by atoms with Crippen LogP contribution in [0.5, 0.6) is 0 Å². The van der Waals surface area contributed by atoms with Gasteiger partial charge in [0.1, 0.15) is 0 Å². The molecule has 0 saturated heterocycles. The molecule has 49 heavy (non-hydrogen) atoms. The van der Waals surface area contributed by atoms with E-state index in [0.717, 1.165) is 0 Å². The van der Waals surface area contributed by atoms with Crippen LogP contribution in [0.1, 0.15) is 0 Å². The summed E-state index contributed by atoms with van der Waals surface area (Å²) in [6.45, 7) is 0. The van der Waals surface area contributed by atoms with Crippen LogP contribution in [0.3, 0.4) is 0 Å².